The molecular weight excluding hydrogens is 847 g/mol. The summed E-state index contributed by atoms with van der Waals surface area (Å²) in [6.07, 6.45) is 12.0. The van der Waals surface area contributed by atoms with Gasteiger partial charge >= 0.3 is 6.03 Å². The lowest BCUT2D eigenvalue weighted by molar-refractivity contribution is -0.141. The summed E-state index contributed by atoms with van der Waals surface area (Å²) in [5.41, 5.74) is 3.69. The van der Waals surface area contributed by atoms with Gasteiger partial charge in [0.15, 0.2) is 5.82 Å². The summed E-state index contributed by atoms with van der Waals surface area (Å²) in [5, 5.41) is 28.1. The standard InChI is InChI=1S/C26H39N7O.C25H34N4O4/c1-27-26-24(19-23(28-29-26)22-5-3-4-6-25(22)34)33-17-15-32(16-18-33)21-9-13-31(14-10-21)20-7-11-30(2)12-8-20;1-5-18-8-10-19(11-9-18)17-26-22(30)20-7-6-12-29(20)23(31)21(25(2,3)4)27-24(32)28-13-15-33-16-14-28/h3-6,19-21,34H,7-18H2,1-2H3,(H,27,29);1,8-11,20-21H,6-7,12-17H2,2-4H3,(H,26,30)(H,27,32). The fourth-order valence-corrected chi connectivity index (χ4v) is 10.1. The number of aromatic hydroxyl groups is 1. The van der Waals surface area contributed by atoms with Crippen LogP contribution in [0.4, 0.5) is 16.3 Å². The minimum absolute atomic E-state index is 0.186. The summed E-state index contributed by atoms with van der Waals surface area (Å²) in [4.78, 5) is 52.9. The second kappa shape index (κ2) is 23.0. The molecule has 5 aliphatic rings. The van der Waals surface area contributed by atoms with Crippen LogP contribution in [0.25, 0.3) is 11.3 Å². The highest BCUT2D eigenvalue weighted by atomic mass is 16.5. The Kier molecular flexibility index (Phi) is 17.0. The number of carbonyl (C=O) groups is 3. The Labute approximate surface area is 397 Å². The third-order valence-electron chi connectivity index (χ3n) is 14.2. The van der Waals surface area contributed by atoms with E-state index < -0.39 is 17.5 Å². The van der Waals surface area contributed by atoms with Gasteiger partial charge < -0.3 is 50.3 Å². The van der Waals surface area contributed by atoms with E-state index in [4.69, 9.17) is 11.2 Å². The molecule has 8 rings (SSSR count). The number of amides is 4. The van der Waals surface area contributed by atoms with Gasteiger partial charge in [-0.2, -0.15) is 0 Å². The van der Waals surface area contributed by atoms with Gasteiger partial charge in [-0.15, -0.1) is 16.6 Å². The van der Waals surface area contributed by atoms with Gasteiger partial charge in [-0.25, -0.2) is 4.79 Å². The molecule has 1 aromatic heterocycles. The van der Waals surface area contributed by atoms with Crippen LogP contribution in [0, 0.1) is 17.8 Å². The van der Waals surface area contributed by atoms with Crippen LogP contribution < -0.4 is 20.9 Å². The van der Waals surface area contributed by atoms with E-state index in [9.17, 15) is 19.5 Å². The summed E-state index contributed by atoms with van der Waals surface area (Å²) in [6, 6.07) is 16.7. The summed E-state index contributed by atoms with van der Waals surface area (Å²) in [5.74, 6) is 3.18. The van der Waals surface area contributed by atoms with Gasteiger partial charge in [0.1, 0.15) is 17.8 Å². The highest BCUT2D eigenvalue weighted by Crippen LogP contribution is 2.33. The second-order valence-electron chi connectivity index (χ2n) is 19.7. The van der Waals surface area contributed by atoms with Gasteiger partial charge in [-0.3, -0.25) is 14.5 Å². The van der Waals surface area contributed by atoms with Gasteiger partial charge in [0.05, 0.1) is 24.6 Å². The lowest BCUT2D eigenvalue weighted by Gasteiger charge is -2.46. The molecule has 362 valence electrons. The number of phenolic OH excluding ortho intramolecular Hbond substituents is 1. The molecule has 0 saturated carbocycles. The Morgan fingerprint density at radius 3 is 2.10 bits per heavy atom. The molecule has 2 aromatic carbocycles. The van der Waals surface area contributed by atoms with E-state index in [1.165, 1.54) is 51.9 Å². The first-order valence-electron chi connectivity index (χ1n) is 24.3. The van der Waals surface area contributed by atoms with Crippen molar-refractivity contribution in [2.75, 3.05) is 110 Å². The minimum Gasteiger partial charge on any atom is -0.507 e. The van der Waals surface area contributed by atoms with E-state index in [0.717, 1.165) is 61.3 Å². The Balaban J connectivity index is 0.000000199. The Bertz CT molecular complexity index is 2150. The predicted octanol–water partition coefficient (Wildman–Crippen LogP) is 4.30. The normalized spacial score (nSPS) is 20.9. The number of ether oxygens (including phenoxy) is 1. The number of piperidine rings is 2. The van der Waals surface area contributed by atoms with Crippen LogP contribution in [0.1, 0.15) is 70.4 Å². The fourth-order valence-electron chi connectivity index (χ4n) is 10.1. The van der Waals surface area contributed by atoms with Crippen LogP contribution in [-0.4, -0.2) is 181 Å². The number of rotatable bonds is 10. The van der Waals surface area contributed by atoms with Gasteiger partial charge in [0, 0.05) is 82.6 Å². The molecule has 4 amide bonds. The fraction of sp³-hybridized carbons (Fsp3) is 0.588. The molecule has 67 heavy (non-hydrogen) atoms. The topological polar surface area (TPSA) is 162 Å². The largest absolute Gasteiger partial charge is 0.507 e. The first-order chi connectivity index (χ1) is 32.3. The van der Waals surface area contributed by atoms with E-state index >= 15 is 0 Å². The molecule has 3 aromatic rings. The molecule has 5 saturated heterocycles. The molecular formula is C51H73N11O5. The molecule has 2 atom stereocenters. The maximum Gasteiger partial charge on any atom is 0.318 e. The number of morpholine rings is 1. The van der Waals surface area contributed by atoms with Crippen molar-refractivity contribution >= 4 is 29.4 Å². The summed E-state index contributed by atoms with van der Waals surface area (Å²) < 4.78 is 5.31. The predicted molar refractivity (Wildman–Crippen MR) is 263 cm³/mol. The van der Waals surface area contributed by atoms with Gasteiger partial charge in [-0.05, 0) is 113 Å². The monoisotopic (exact) mass is 920 g/mol. The number of anilines is 2. The summed E-state index contributed by atoms with van der Waals surface area (Å²) in [6.45, 7) is 17.7. The average Bonchev–Trinajstić information content (AvgIpc) is 3.86. The van der Waals surface area contributed by atoms with Crippen molar-refractivity contribution in [3.63, 3.8) is 0 Å². The number of benzene rings is 2. The van der Waals surface area contributed by atoms with E-state index in [1.54, 1.807) is 15.9 Å². The molecule has 5 fully saturated rings. The molecule has 0 radical (unpaired) electrons. The van der Waals surface area contributed by atoms with Crippen LogP contribution in [0.5, 0.6) is 5.75 Å². The molecule has 2 unspecified atom stereocenters. The Hall–Kier alpha value is -5.47. The molecule has 0 bridgehead atoms. The number of likely N-dealkylation sites (tertiary alicyclic amines) is 3. The van der Waals surface area contributed by atoms with Crippen LogP contribution >= 0.6 is 0 Å². The zero-order chi connectivity index (χ0) is 47.5. The van der Waals surface area contributed by atoms with Gasteiger partial charge in [-0.1, -0.05) is 51.0 Å². The number of urea groups is 1. The lowest BCUT2D eigenvalue weighted by Crippen LogP contribution is -2.60. The number of terminal acetylenes is 1. The Morgan fingerprint density at radius 2 is 1.48 bits per heavy atom. The van der Waals surface area contributed by atoms with Crippen molar-refractivity contribution in [1.82, 2.24) is 45.3 Å². The van der Waals surface area contributed by atoms with Crippen molar-refractivity contribution in [3.8, 4) is 29.4 Å². The van der Waals surface area contributed by atoms with Gasteiger partial charge in [0.25, 0.3) is 0 Å². The number of hydrogen-bond acceptors (Lipinski definition) is 12. The third kappa shape index (κ3) is 12.7. The van der Waals surface area contributed by atoms with Crippen molar-refractivity contribution in [2.24, 2.45) is 5.41 Å². The molecule has 0 spiro atoms. The number of para-hydroxylation sites is 1. The number of aromatic nitrogens is 2. The first kappa shape index (κ1) is 49.4. The zero-order valence-electron chi connectivity index (χ0n) is 40.4. The third-order valence-corrected chi connectivity index (χ3v) is 14.2. The lowest BCUT2D eigenvalue weighted by atomic mass is 9.85. The Morgan fingerprint density at radius 1 is 0.836 bits per heavy atom. The van der Waals surface area contributed by atoms with Crippen LogP contribution in [-0.2, 0) is 20.9 Å². The quantitative estimate of drug-likeness (QED) is 0.214. The number of hydrogen-bond donors (Lipinski definition) is 4. The minimum atomic E-state index is -0.738. The number of phenols is 1. The van der Waals surface area contributed by atoms with E-state index in [2.05, 4.69) is 64.8 Å². The molecule has 4 N–H and O–H groups in total. The van der Waals surface area contributed by atoms with Crippen LogP contribution in [0.15, 0.2) is 54.6 Å². The number of nitrogens with one attached hydrogen (secondary N) is 3. The second-order valence-corrected chi connectivity index (χ2v) is 19.7. The van der Waals surface area contributed by atoms with Gasteiger partial charge in [0.2, 0.25) is 11.8 Å². The molecule has 5 aliphatic heterocycles. The molecule has 16 heteroatoms. The number of piperazine rings is 1. The highest BCUT2D eigenvalue weighted by Gasteiger charge is 2.42. The zero-order valence-corrected chi connectivity index (χ0v) is 40.4. The van der Waals surface area contributed by atoms with E-state index in [1.807, 2.05) is 70.3 Å². The summed E-state index contributed by atoms with van der Waals surface area (Å²) in [7, 11) is 4.14. The number of nitrogens with zero attached hydrogens (tertiary/aromatic N) is 8. The molecule has 0 aliphatic carbocycles. The van der Waals surface area contributed by atoms with E-state index in [-0.39, 0.29) is 23.6 Å². The number of carbonyl (C=O) groups excluding carboxylic acids is 3. The smallest absolute Gasteiger partial charge is 0.318 e. The van der Waals surface area contributed by atoms with Crippen LogP contribution in [0.3, 0.4) is 0 Å². The average molecular weight is 920 g/mol. The maximum atomic E-state index is 13.5. The van der Waals surface area contributed by atoms with Crippen molar-refractivity contribution in [1.29, 1.82) is 0 Å². The van der Waals surface area contributed by atoms with Crippen molar-refractivity contribution in [3.05, 3.63) is 65.7 Å². The van der Waals surface area contributed by atoms with Crippen molar-refractivity contribution in [2.45, 2.75) is 90.0 Å². The molecule has 6 heterocycles. The molecule has 16 nitrogen and oxygen atoms in total. The summed E-state index contributed by atoms with van der Waals surface area (Å²) >= 11 is 0. The highest BCUT2D eigenvalue weighted by molar-refractivity contribution is 5.93. The van der Waals surface area contributed by atoms with Crippen LogP contribution in [0.2, 0.25) is 0 Å². The van der Waals surface area contributed by atoms with Crippen molar-refractivity contribution < 1.29 is 24.2 Å². The van der Waals surface area contributed by atoms with E-state index in [0.29, 0.717) is 63.1 Å². The maximum absolute atomic E-state index is 13.5. The SMILES string of the molecule is C#Cc1ccc(CNC(=O)C2CCCN2C(=O)C(NC(=O)N2CCOCC2)C(C)(C)C)cc1.CNc1nnc(-c2ccccc2O)cc1N1CCN(C2CCN(C3CCN(C)CC3)CC2)CC1. The first-order valence-corrected chi connectivity index (χ1v) is 24.3.